The molecule has 0 radical (unpaired) electrons. The molecule has 0 spiro atoms. The van der Waals surface area contributed by atoms with E-state index < -0.39 is 0 Å². The van der Waals surface area contributed by atoms with E-state index in [1.165, 1.54) is 7.11 Å². The minimum atomic E-state index is -0.364. The van der Waals surface area contributed by atoms with Crippen molar-refractivity contribution in [3.8, 4) is 0 Å². The van der Waals surface area contributed by atoms with Gasteiger partial charge in [0.15, 0.2) is 0 Å². The van der Waals surface area contributed by atoms with Crippen LogP contribution in [0.5, 0.6) is 0 Å². The Morgan fingerprint density at radius 3 is 2.50 bits per heavy atom. The van der Waals surface area contributed by atoms with Gasteiger partial charge >= 0.3 is 5.97 Å². The van der Waals surface area contributed by atoms with Gasteiger partial charge in [-0.15, -0.1) is 0 Å². The average molecular weight is 373 g/mol. The van der Waals surface area contributed by atoms with Crippen molar-refractivity contribution in [1.29, 1.82) is 0 Å². The number of hydrogen-bond acceptors (Lipinski definition) is 4. The first kappa shape index (κ1) is 18.3. The number of benzene rings is 2. The van der Waals surface area contributed by atoms with E-state index in [0.29, 0.717) is 10.6 Å². The molecular formula is C20H21ClN2O3. The molecular weight excluding hydrogens is 352 g/mol. The number of amides is 1. The number of methoxy groups -OCH3 is 1. The van der Waals surface area contributed by atoms with Gasteiger partial charge in [0.05, 0.1) is 18.7 Å². The molecule has 26 heavy (non-hydrogen) atoms. The zero-order valence-corrected chi connectivity index (χ0v) is 15.7. The van der Waals surface area contributed by atoms with Gasteiger partial charge in [-0.05, 0) is 61.4 Å². The van der Waals surface area contributed by atoms with Gasteiger partial charge in [-0.1, -0.05) is 11.6 Å². The maximum absolute atomic E-state index is 12.1. The van der Waals surface area contributed by atoms with Gasteiger partial charge in [-0.25, -0.2) is 4.79 Å². The minimum Gasteiger partial charge on any atom is -0.465 e. The summed E-state index contributed by atoms with van der Waals surface area (Å²) in [6.07, 6.45) is 0.756. The van der Waals surface area contributed by atoms with E-state index >= 15 is 0 Å². The topological polar surface area (TPSA) is 58.6 Å². The van der Waals surface area contributed by atoms with Crippen molar-refractivity contribution in [3.05, 3.63) is 58.6 Å². The second-order valence-electron chi connectivity index (χ2n) is 6.44. The second kappa shape index (κ2) is 7.38. The van der Waals surface area contributed by atoms with E-state index in [-0.39, 0.29) is 24.0 Å². The maximum Gasteiger partial charge on any atom is 0.337 e. The Balaban J connectivity index is 1.91. The normalized spacial score (nSPS) is 18.8. The fourth-order valence-corrected chi connectivity index (χ4v) is 3.65. The van der Waals surface area contributed by atoms with E-state index in [1.807, 2.05) is 36.1 Å². The van der Waals surface area contributed by atoms with Gasteiger partial charge in [0.2, 0.25) is 5.91 Å². The number of anilines is 2. The maximum atomic E-state index is 12.1. The summed E-state index contributed by atoms with van der Waals surface area (Å²) < 4.78 is 4.72. The summed E-state index contributed by atoms with van der Waals surface area (Å²) in [6.45, 7) is 3.61. The van der Waals surface area contributed by atoms with E-state index in [9.17, 15) is 9.59 Å². The molecule has 0 aromatic heterocycles. The van der Waals surface area contributed by atoms with Crippen molar-refractivity contribution in [2.45, 2.75) is 32.4 Å². The highest BCUT2D eigenvalue weighted by Gasteiger charge is 2.32. The predicted octanol–water partition coefficient (Wildman–Crippen LogP) is 4.42. The Kier molecular flexibility index (Phi) is 5.18. The van der Waals surface area contributed by atoms with E-state index in [0.717, 1.165) is 23.4 Å². The highest BCUT2D eigenvalue weighted by Crippen LogP contribution is 2.40. The molecule has 136 valence electrons. The monoisotopic (exact) mass is 372 g/mol. The quantitative estimate of drug-likeness (QED) is 0.810. The summed E-state index contributed by atoms with van der Waals surface area (Å²) >= 11 is 6.20. The van der Waals surface area contributed by atoms with Gasteiger partial charge in [0.25, 0.3) is 0 Å². The molecule has 2 aromatic carbocycles. The number of nitrogens with one attached hydrogen (secondary N) is 1. The molecule has 1 N–H and O–H groups in total. The molecule has 3 rings (SSSR count). The molecule has 0 saturated carbocycles. The van der Waals surface area contributed by atoms with Crippen molar-refractivity contribution >= 4 is 34.9 Å². The first-order chi connectivity index (χ1) is 12.4. The Hall–Kier alpha value is -2.53. The summed E-state index contributed by atoms with van der Waals surface area (Å²) in [5, 5.41) is 4.12. The number of esters is 1. The van der Waals surface area contributed by atoms with Crippen LogP contribution in [0.2, 0.25) is 5.02 Å². The van der Waals surface area contributed by atoms with Crippen LogP contribution < -0.4 is 10.2 Å². The number of carbonyl (C=O) groups is 2. The molecule has 0 bridgehead atoms. The van der Waals surface area contributed by atoms with Crippen LogP contribution >= 0.6 is 11.6 Å². The van der Waals surface area contributed by atoms with E-state index in [1.54, 1.807) is 25.1 Å². The predicted molar refractivity (Wildman–Crippen MR) is 103 cm³/mol. The molecule has 5 nitrogen and oxygen atoms in total. The largest absolute Gasteiger partial charge is 0.465 e. The molecule has 2 aromatic rings. The molecule has 2 unspecified atom stereocenters. The van der Waals surface area contributed by atoms with Crippen LogP contribution in [0.1, 0.15) is 42.2 Å². The summed E-state index contributed by atoms with van der Waals surface area (Å²) in [6, 6.07) is 12.8. The van der Waals surface area contributed by atoms with E-state index in [2.05, 4.69) is 5.32 Å². The third-order valence-corrected chi connectivity index (χ3v) is 4.86. The summed E-state index contributed by atoms with van der Waals surface area (Å²) in [5.41, 5.74) is 3.26. The molecule has 6 heteroatoms. The van der Waals surface area contributed by atoms with Crippen LogP contribution in [-0.4, -0.2) is 25.0 Å². The molecule has 1 aliphatic heterocycles. The van der Waals surface area contributed by atoms with Gasteiger partial charge in [-0.3, -0.25) is 4.79 Å². The van der Waals surface area contributed by atoms with Crippen molar-refractivity contribution in [2.75, 3.05) is 17.3 Å². The van der Waals surface area contributed by atoms with Crippen LogP contribution in [-0.2, 0) is 9.53 Å². The van der Waals surface area contributed by atoms with Crippen LogP contribution in [0.3, 0.4) is 0 Å². The second-order valence-corrected chi connectivity index (χ2v) is 6.88. The number of nitrogens with zero attached hydrogens (tertiary/aromatic N) is 1. The Labute approximate surface area is 157 Å². The first-order valence-electron chi connectivity index (χ1n) is 8.45. The van der Waals surface area contributed by atoms with Gasteiger partial charge < -0.3 is 15.0 Å². The van der Waals surface area contributed by atoms with Crippen LogP contribution in [0.15, 0.2) is 42.5 Å². The molecule has 0 fully saturated rings. The average Bonchev–Trinajstić information content (AvgIpc) is 2.62. The van der Waals surface area contributed by atoms with Crippen LogP contribution in [0, 0.1) is 0 Å². The molecule has 1 amide bonds. The zero-order chi connectivity index (χ0) is 18.8. The van der Waals surface area contributed by atoms with E-state index in [4.69, 9.17) is 16.3 Å². The van der Waals surface area contributed by atoms with Crippen molar-refractivity contribution < 1.29 is 14.3 Å². The fraction of sp³-hybridized carbons (Fsp3) is 0.300. The number of ether oxygens (including phenoxy) is 1. The lowest BCUT2D eigenvalue weighted by molar-refractivity contribution is -0.117. The zero-order valence-electron chi connectivity index (χ0n) is 15.0. The Morgan fingerprint density at radius 1 is 1.19 bits per heavy atom. The number of rotatable bonds is 3. The summed E-state index contributed by atoms with van der Waals surface area (Å²) in [7, 11) is 1.36. The van der Waals surface area contributed by atoms with Crippen LogP contribution in [0.4, 0.5) is 11.4 Å². The number of hydrogen-bond donors (Lipinski definition) is 1. The fourth-order valence-electron chi connectivity index (χ4n) is 3.47. The van der Waals surface area contributed by atoms with Crippen molar-refractivity contribution in [1.82, 2.24) is 0 Å². The SMILES string of the molecule is COC(=O)c1ccc(NC2CC(C)N(C(C)=O)c3ccc(Cl)cc32)cc1. The highest BCUT2D eigenvalue weighted by atomic mass is 35.5. The molecule has 0 saturated heterocycles. The van der Waals surface area contributed by atoms with Crippen LogP contribution in [0.25, 0.3) is 0 Å². The summed E-state index contributed by atoms with van der Waals surface area (Å²) in [5.74, 6) is -0.348. The lowest BCUT2D eigenvalue weighted by Gasteiger charge is -2.39. The first-order valence-corrected chi connectivity index (χ1v) is 8.82. The number of carbonyl (C=O) groups excluding carboxylic acids is 2. The standard InChI is InChI=1S/C20H21ClN2O3/c1-12-10-18(22-16-7-4-14(5-8-16)20(25)26-3)17-11-15(21)6-9-19(17)23(12)13(2)24/h4-9,11-12,18,22H,10H2,1-3H3. The Morgan fingerprint density at radius 2 is 1.88 bits per heavy atom. The lowest BCUT2D eigenvalue weighted by Crippen LogP contribution is -2.43. The smallest absolute Gasteiger partial charge is 0.337 e. The Bertz CT molecular complexity index is 835. The van der Waals surface area contributed by atoms with Gasteiger partial charge in [-0.2, -0.15) is 0 Å². The molecule has 0 aliphatic carbocycles. The van der Waals surface area contributed by atoms with Crippen molar-refractivity contribution in [2.24, 2.45) is 0 Å². The molecule has 1 aliphatic rings. The summed E-state index contributed by atoms with van der Waals surface area (Å²) in [4.78, 5) is 25.5. The highest BCUT2D eigenvalue weighted by molar-refractivity contribution is 6.30. The third kappa shape index (κ3) is 3.53. The van der Waals surface area contributed by atoms with Crippen molar-refractivity contribution in [3.63, 3.8) is 0 Å². The molecule has 2 atom stereocenters. The molecule has 1 heterocycles. The lowest BCUT2D eigenvalue weighted by atomic mass is 9.91. The third-order valence-electron chi connectivity index (χ3n) is 4.63. The number of fused-ring (bicyclic) bond motifs is 1. The van der Waals surface area contributed by atoms with Gasteiger partial charge in [0.1, 0.15) is 0 Å². The van der Waals surface area contributed by atoms with Gasteiger partial charge in [0, 0.05) is 29.4 Å². The number of halogens is 1. The minimum absolute atomic E-state index is 0.0123.